The van der Waals surface area contributed by atoms with Crippen molar-refractivity contribution in [3.05, 3.63) is 76.3 Å². The summed E-state index contributed by atoms with van der Waals surface area (Å²) in [4.78, 5) is 39.5. The number of benzene rings is 1. The van der Waals surface area contributed by atoms with Gasteiger partial charge in [-0.3, -0.25) is 19.4 Å². The van der Waals surface area contributed by atoms with Gasteiger partial charge in [0.2, 0.25) is 5.75 Å². The highest BCUT2D eigenvalue weighted by atomic mass is 16.6. The third-order valence-electron chi connectivity index (χ3n) is 3.26. The van der Waals surface area contributed by atoms with E-state index in [9.17, 15) is 14.7 Å². The summed E-state index contributed by atoms with van der Waals surface area (Å²) in [6.07, 6.45) is 1.52. The van der Waals surface area contributed by atoms with Crippen LogP contribution in [0.4, 0.5) is 0 Å². The number of nitrogens with zero attached hydrogens (tertiary/aromatic N) is 2. The van der Waals surface area contributed by atoms with Gasteiger partial charge in [-0.05, 0) is 17.7 Å². The first-order valence-electron chi connectivity index (χ1n) is 7.36. The van der Waals surface area contributed by atoms with E-state index < -0.39 is 22.9 Å². The third kappa shape index (κ3) is 3.88. The molecule has 3 rings (SSSR count). The summed E-state index contributed by atoms with van der Waals surface area (Å²) in [5.74, 6) is -1.56. The highest BCUT2D eigenvalue weighted by Gasteiger charge is 2.19. The van der Waals surface area contributed by atoms with E-state index in [0.717, 1.165) is 5.56 Å². The van der Waals surface area contributed by atoms with Crippen LogP contribution in [0.25, 0.3) is 11.5 Å². The van der Waals surface area contributed by atoms with Crippen LogP contribution >= 0.6 is 0 Å². The number of hydrogen-bond donors (Lipinski definition) is 3. The quantitative estimate of drug-likeness (QED) is 0.605. The van der Waals surface area contributed by atoms with Crippen molar-refractivity contribution in [2.45, 2.75) is 6.61 Å². The molecule has 0 atom stereocenters. The Bertz CT molecular complexity index is 926. The molecule has 0 aliphatic carbocycles. The van der Waals surface area contributed by atoms with Crippen molar-refractivity contribution in [2.24, 2.45) is 0 Å². The Morgan fingerprint density at radius 3 is 2.64 bits per heavy atom. The van der Waals surface area contributed by atoms with Gasteiger partial charge in [-0.15, -0.1) is 0 Å². The number of pyridine rings is 1. The second-order valence-electron chi connectivity index (χ2n) is 5.03. The number of rotatable bonds is 5. The summed E-state index contributed by atoms with van der Waals surface area (Å²) in [7, 11) is 0. The number of hydroxylamine groups is 1. The summed E-state index contributed by atoms with van der Waals surface area (Å²) in [6.45, 7) is 0.129. The van der Waals surface area contributed by atoms with Crippen molar-refractivity contribution in [3.8, 4) is 17.3 Å². The number of aromatic amines is 1. The summed E-state index contributed by atoms with van der Waals surface area (Å²) in [5.41, 5.74) is 2.08. The van der Waals surface area contributed by atoms with Gasteiger partial charge in [-0.1, -0.05) is 36.4 Å². The Hall–Kier alpha value is -3.52. The molecule has 2 heterocycles. The van der Waals surface area contributed by atoms with Gasteiger partial charge in [0.1, 0.15) is 5.69 Å². The van der Waals surface area contributed by atoms with Gasteiger partial charge in [0.25, 0.3) is 11.5 Å². The average Bonchev–Trinajstić information content (AvgIpc) is 2.65. The van der Waals surface area contributed by atoms with Crippen LogP contribution in [0.15, 0.2) is 59.5 Å². The molecule has 1 amide bonds. The van der Waals surface area contributed by atoms with Gasteiger partial charge < -0.3 is 10.1 Å². The monoisotopic (exact) mass is 338 g/mol. The molecule has 0 radical (unpaired) electrons. The molecule has 3 N–H and O–H groups in total. The Labute approximate surface area is 142 Å². The van der Waals surface area contributed by atoms with E-state index in [4.69, 9.17) is 4.84 Å². The van der Waals surface area contributed by atoms with Crippen molar-refractivity contribution in [2.75, 3.05) is 0 Å². The zero-order chi connectivity index (χ0) is 17.6. The van der Waals surface area contributed by atoms with Gasteiger partial charge in [0, 0.05) is 6.20 Å². The summed E-state index contributed by atoms with van der Waals surface area (Å²) in [5, 5.41) is 9.81. The fraction of sp³-hybridized carbons (Fsp3) is 0.0588. The average molecular weight is 338 g/mol. The number of carbonyl (C=O) groups excluding carboxylic acids is 1. The SMILES string of the molecule is O=C(NOCc1ccccc1)c1nc(-c2ccccn2)[nH]c(=O)c1O. The Kier molecular flexibility index (Phi) is 4.82. The fourth-order valence-electron chi connectivity index (χ4n) is 2.06. The first-order valence-corrected chi connectivity index (χ1v) is 7.36. The Morgan fingerprint density at radius 2 is 1.92 bits per heavy atom. The number of H-pyrrole nitrogens is 1. The predicted molar refractivity (Wildman–Crippen MR) is 88.5 cm³/mol. The van der Waals surface area contributed by atoms with E-state index in [2.05, 4.69) is 20.4 Å². The molecule has 1 aromatic carbocycles. The highest BCUT2D eigenvalue weighted by molar-refractivity contribution is 5.94. The molecule has 2 aromatic heterocycles. The molecular formula is C17H14N4O4. The third-order valence-corrected chi connectivity index (χ3v) is 3.26. The van der Waals surface area contributed by atoms with E-state index in [1.165, 1.54) is 6.20 Å². The van der Waals surface area contributed by atoms with Crippen LogP contribution in [-0.2, 0) is 11.4 Å². The number of hydrogen-bond acceptors (Lipinski definition) is 6. The molecule has 0 saturated heterocycles. The van der Waals surface area contributed by atoms with E-state index in [1.54, 1.807) is 18.2 Å². The maximum Gasteiger partial charge on any atom is 0.297 e. The zero-order valence-corrected chi connectivity index (χ0v) is 13.0. The van der Waals surface area contributed by atoms with E-state index in [-0.39, 0.29) is 12.4 Å². The lowest BCUT2D eigenvalue weighted by Gasteiger charge is -2.08. The zero-order valence-electron chi connectivity index (χ0n) is 13.0. The lowest BCUT2D eigenvalue weighted by Crippen LogP contribution is -2.27. The molecule has 25 heavy (non-hydrogen) atoms. The van der Waals surface area contributed by atoms with Crippen molar-refractivity contribution >= 4 is 5.91 Å². The number of aromatic hydroxyl groups is 1. The minimum atomic E-state index is -0.844. The molecule has 0 spiro atoms. The Balaban J connectivity index is 1.77. The van der Waals surface area contributed by atoms with Gasteiger partial charge in [0.15, 0.2) is 11.5 Å². The standard InChI is InChI=1S/C17H14N4O4/c22-14-13(16(23)21-25-10-11-6-2-1-3-7-11)19-15(20-17(14)24)12-8-4-5-9-18-12/h1-9,22H,10H2,(H,21,23)(H,19,20,24). The van der Waals surface area contributed by atoms with Crippen molar-refractivity contribution in [1.82, 2.24) is 20.4 Å². The van der Waals surface area contributed by atoms with Crippen LogP contribution in [0.5, 0.6) is 5.75 Å². The summed E-state index contributed by atoms with van der Waals surface area (Å²) < 4.78 is 0. The van der Waals surface area contributed by atoms with Crippen LogP contribution in [0.2, 0.25) is 0 Å². The largest absolute Gasteiger partial charge is 0.501 e. The summed E-state index contributed by atoms with van der Waals surface area (Å²) >= 11 is 0. The topological polar surface area (TPSA) is 117 Å². The van der Waals surface area contributed by atoms with E-state index in [0.29, 0.717) is 5.69 Å². The summed E-state index contributed by atoms with van der Waals surface area (Å²) in [6, 6.07) is 14.2. The molecular weight excluding hydrogens is 324 g/mol. The lowest BCUT2D eigenvalue weighted by molar-refractivity contribution is 0.0227. The van der Waals surface area contributed by atoms with Crippen LogP contribution in [0, 0.1) is 0 Å². The number of carbonyl (C=O) groups is 1. The number of nitrogens with one attached hydrogen (secondary N) is 2. The molecule has 8 heteroatoms. The smallest absolute Gasteiger partial charge is 0.297 e. The first-order chi connectivity index (χ1) is 12.1. The molecule has 0 fully saturated rings. The van der Waals surface area contributed by atoms with E-state index >= 15 is 0 Å². The van der Waals surface area contributed by atoms with Crippen LogP contribution in [0.1, 0.15) is 16.1 Å². The van der Waals surface area contributed by atoms with Crippen LogP contribution < -0.4 is 11.0 Å². The second-order valence-corrected chi connectivity index (χ2v) is 5.03. The Morgan fingerprint density at radius 1 is 1.16 bits per heavy atom. The molecule has 8 nitrogen and oxygen atoms in total. The maximum absolute atomic E-state index is 12.2. The molecule has 3 aromatic rings. The van der Waals surface area contributed by atoms with Crippen molar-refractivity contribution < 1.29 is 14.7 Å². The van der Waals surface area contributed by atoms with Crippen molar-refractivity contribution in [1.29, 1.82) is 0 Å². The first kappa shape index (κ1) is 16.3. The normalized spacial score (nSPS) is 10.4. The molecule has 0 saturated carbocycles. The molecule has 126 valence electrons. The van der Waals surface area contributed by atoms with Crippen molar-refractivity contribution in [3.63, 3.8) is 0 Å². The second kappa shape index (κ2) is 7.37. The van der Waals surface area contributed by atoms with Gasteiger partial charge in [-0.25, -0.2) is 10.5 Å². The van der Waals surface area contributed by atoms with Gasteiger partial charge >= 0.3 is 0 Å². The van der Waals surface area contributed by atoms with Gasteiger partial charge in [0.05, 0.1) is 6.61 Å². The lowest BCUT2D eigenvalue weighted by atomic mass is 10.2. The van der Waals surface area contributed by atoms with E-state index in [1.807, 2.05) is 30.3 Å². The number of amides is 1. The maximum atomic E-state index is 12.2. The molecule has 0 bridgehead atoms. The minimum absolute atomic E-state index is 0.0663. The minimum Gasteiger partial charge on any atom is -0.501 e. The number of aromatic nitrogens is 3. The van der Waals surface area contributed by atoms with Crippen LogP contribution in [-0.4, -0.2) is 26.0 Å². The molecule has 0 unspecified atom stereocenters. The van der Waals surface area contributed by atoms with Crippen LogP contribution in [0.3, 0.4) is 0 Å². The molecule has 0 aliphatic heterocycles. The predicted octanol–water partition coefficient (Wildman–Crippen LogP) is 1.40. The highest BCUT2D eigenvalue weighted by Crippen LogP contribution is 2.14. The van der Waals surface area contributed by atoms with Gasteiger partial charge in [-0.2, -0.15) is 0 Å². The fourth-order valence-corrected chi connectivity index (χ4v) is 2.06. The molecule has 0 aliphatic rings.